The summed E-state index contributed by atoms with van der Waals surface area (Å²) in [6.45, 7) is 0.748. The van der Waals surface area contributed by atoms with E-state index in [1.807, 2.05) is 30.3 Å². The molecule has 0 amide bonds. The molecule has 1 heterocycles. The molecule has 0 aliphatic rings. The fourth-order valence-corrected chi connectivity index (χ4v) is 2.67. The highest BCUT2D eigenvalue weighted by molar-refractivity contribution is 7.99. The third-order valence-corrected chi connectivity index (χ3v) is 3.95. The lowest BCUT2D eigenvalue weighted by Gasteiger charge is -2.09. The van der Waals surface area contributed by atoms with Crippen LogP contribution in [0.25, 0.3) is 0 Å². The highest BCUT2D eigenvalue weighted by atomic mass is 35.5. The zero-order chi connectivity index (χ0) is 15.1. The molecule has 0 aliphatic heterocycles. The minimum atomic E-state index is -0.301. The van der Waals surface area contributed by atoms with Crippen molar-refractivity contribution in [1.82, 2.24) is 9.78 Å². The fourth-order valence-electron chi connectivity index (χ4n) is 1.69. The highest BCUT2D eigenvalue weighted by Crippen LogP contribution is 2.18. The predicted molar refractivity (Wildman–Crippen MR) is 88.0 cm³/mol. The molecule has 0 spiro atoms. The van der Waals surface area contributed by atoms with Gasteiger partial charge in [0.1, 0.15) is 12.2 Å². The molecule has 0 saturated carbocycles. The van der Waals surface area contributed by atoms with Crippen LogP contribution < -0.4 is 10.9 Å². The maximum atomic E-state index is 12.1. The molecule has 0 bridgehead atoms. The number of nitrogens with one attached hydrogen (secondary N) is 1. The minimum Gasteiger partial charge on any atom is -0.378 e. The molecule has 1 N–H and O–H groups in total. The number of aromatic nitrogens is 2. The van der Waals surface area contributed by atoms with Crippen LogP contribution in [-0.4, -0.2) is 22.1 Å². The summed E-state index contributed by atoms with van der Waals surface area (Å²) in [5.74, 6) is 3.20. The van der Waals surface area contributed by atoms with E-state index in [0.29, 0.717) is 17.3 Å². The molecule has 4 nitrogen and oxygen atoms in total. The maximum Gasteiger partial charge on any atom is 0.292 e. The molecule has 0 unspecified atom stereocenters. The van der Waals surface area contributed by atoms with Gasteiger partial charge in [-0.2, -0.15) is 5.10 Å². The predicted octanol–water partition coefficient (Wildman–Crippen LogP) is 2.73. The van der Waals surface area contributed by atoms with Crippen LogP contribution in [0.3, 0.4) is 0 Å². The molecule has 0 aliphatic carbocycles. The average molecular weight is 320 g/mol. The van der Waals surface area contributed by atoms with Gasteiger partial charge in [0.2, 0.25) is 0 Å². The first-order chi connectivity index (χ1) is 10.2. The van der Waals surface area contributed by atoms with Gasteiger partial charge >= 0.3 is 0 Å². The summed E-state index contributed by atoms with van der Waals surface area (Å²) >= 11 is 7.70. The van der Waals surface area contributed by atoms with Crippen LogP contribution in [0.2, 0.25) is 5.02 Å². The lowest BCUT2D eigenvalue weighted by atomic mass is 10.4. The maximum absolute atomic E-state index is 12.1. The SMILES string of the molecule is C#CCn1ncc(Cl)c(NCCSc2ccccc2)c1=O. The monoisotopic (exact) mass is 319 g/mol. The molecule has 0 saturated heterocycles. The van der Waals surface area contributed by atoms with Crippen LogP contribution in [0.15, 0.2) is 46.2 Å². The van der Waals surface area contributed by atoms with E-state index in [1.54, 1.807) is 11.8 Å². The van der Waals surface area contributed by atoms with Crippen molar-refractivity contribution in [2.75, 3.05) is 17.6 Å². The van der Waals surface area contributed by atoms with E-state index in [2.05, 4.69) is 16.3 Å². The van der Waals surface area contributed by atoms with Crippen LogP contribution in [-0.2, 0) is 6.54 Å². The number of halogens is 1. The number of rotatable bonds is 6. The average Bonchev–Trinajstić information content (AvgIpc) is 2.50. The summed E-state index contributed by atoms with van der Waals surface area (Å²) in [7, 11) is 0. The van der Waals surface area contributed by atoms with Crippen LogP contribution in [0, 0.1) is 12.3 Å². The zero-order valence-corrected chi connectivity index (χ0v) is 12.8. The minimum absolute atomic E-state index is 0.128. The lowest BCUT2D eigenvalue weighted by molar-refractivity contribution is 0.664. The first-order valence-corrected chi connectivity index (χ1v) is 7.69. The number of thioether (sulfide) groups is 1. The van der Waals surface area contributed by atoms with E-state index < -0.39 is 0 Å². The van der Waals surface area contributed by atoms with E-state index in [-0.39, 0.29) is 12.1 Å². The Morgan fingerprint density at radius 2 is 2.14 bits per heavy atom. The molecule has 1 aromatic carbocycles. The first-order valence-electron chi connectivity index (χ1n) is 6.33. The topological polar surface area (TPSA) is 46.9 Å². The molecule has 0 radical (unpaired) electrons. The summed E-state index contributed by atoms with van der Waals surface area (Å²) in [6.07, 6.45) is 6.62. The Hall–Kier alpha value is -1.90. The molecule has 108 valence electrons. The quantitative estimate of drug-likeness (QED) is 0.505. The molecule has 2 rings (SSSR count). The first kappa shape index (κ1) is 15.5. The Labute approximate surface area is 132 Å². The third kappa shape index (κ3) is 4.28. The van der Waals surface area contributed by atoms with Crippen molar-refractivity contribution in [2.24, 2.45) is 0 Å². The lowest BCUT2D eigenvalue weighted by Crippen LogP contribution is -2.26. The second-order valence-electron chi connectivity index (χ2n) is 4.12. The van der Waals surface area contributed by atoms with Gasteiger partial charge in [-0.15, -0.1) is 18.2 Å². The standard InChI is InChI=1S/C15H14ClN3OS/c1-2-9-19-15(20)14(13(16)11-18-19)17-8-10-21-12-6-4-3-5-7-12/h1,3-7,11,17H,8-10H2. The smallest absolute Gasteiger partial charge is 0.292 e. The largest absolute Gasteiger partial charge is 0.378 e. The van der Waals surface area contributed by atoms with Gasteiger partial charge in [0.25, 0.3) is 5.56 Å². The van der Waals surface area contributed by atoms with E-state index >= 15 is 0 Å². The Balaban J connectivity index is 1.96. The molecular formula is C15H14ClN3OS. The van der Waals surface area contributed by atoms with Crippen molar-refractivity contribution in [3.8, 4) is 12.3 Å². The van der Waals surface area contributed by atoms with Gasteiger partial charge in [-0.05, 0) is 12.1 Å². The number of nitrogens with zero attached hydrogens (tertiary/aromatic N) is 2. The molecule has 6 heteroatoms. The van der Waals surface area contributed by atoms with Crippen molar-refractivity contribution in [3.63, 3.8) is 0 Å². The van der Waals surface area contributed by atoms with Gasteiger partial charge in [0.05, 0.1) is 11.2 Å². The zero-order valence-electron chi connectivity index (χ0n) is 11.3. The summed E-state index contributed by atoms with van der Waals surface area (Å²) in [6, 6.07) is 10.1. The highest BCUT2D eigenvalue weighted by Gasteiger charge is 2.08. The van der Waals surface area contributed by atoms with E-state index in [1.165, 1.54) is 15.8 Å². The number of hydrogen-bond donors (Lipinski definition) is 1. The van der Waals surface area contributed by atoms with Gasteiger partial charge in [-0.25, -0.2) is 4.68 Å². The molecular weight excluding hydrogens is 306 g/mol. The molecule has 0 atom stereocenters. The van der Waals surface area contributed by atoms with Crippen LogP contribution in [0.4, 0.5) is 5.69 Å². The molecule has 1 aromatic heterocycles. The number of benzene rings is 1. The van der Waals surface area contributed by atoms with Gasteiger partial charge in [-0.1, -0.05) is 35.7 Å². The van der Waals surface area contributed by atoms with Crippen molar-refractivity contribution in [1.29, 1.82) is 0 Å². The summed E-state index contributed by atoms with van der Waals surface area (Å²) in [5.41, 5.74) is 0.0424. The molecule has 21 heavy (non-hydrogen) atoms. The van der Waals surface area contributed by atoms with E-state index in [9.17, 15) is 4.79 Å². The Morgan fingerprint density at radius 3 is 2.86 bits per heavy atom. The Bertz CT molecular complexity index is 694. The van der Waals surface area contributed by atoms with Gasteiger partial charge < -0.3 is 5.32 Å². The van der Waals surface area contributed by atoms with E-state index in [4.69, 9.17) is 18.0 Å². The van der Waals surface area contributed by atoms with Crippen molar-refractivity contribution in [2.45, 2.75) is 11.4 Å². The van der Waals surface area contributed by atoms with Crippen LogP contribution in [0.5, 0.6) is 0 Å². The molecule has 0 fully saturated rings. The Morgan fingerprint density at radius 1 is 1.38 bits per heavy atom. The second-order valence-corrected chi connectivity index (χ2v) is 5.70. The third-order valence-electron chi connectivity index (χ3n) is 2.65. The van der Waals surface area contributed by atoms with Gasteiger partial charge in [0, 0.05) is 17.2 Å². The number of hydrogen-bond acceptors (Lipinski definition) is 4. The number of terminal acetylenes is 1. The number of anilines is 1. The fraction of sp³-hybridized carbons (Fsp3) is 0.200. The van der Waals surface area contributed by atoms with Crippen molar-refractivity contribution >= 4 is 29.1 Å². The Kier molecular flexibility index (Phi) is 5.73. The van der Waals surface area contributed by atoms with Gasteiger partial charge in [-0.3, -0.25) is 4.79 Å². The van der Waals surface area contributed by atoms with Crippen molar-refractivity contribution in [3.05, 3.63) is 51.9 Å². The van der Waals surface area contributed by atoms with E-state index in [0.717, 1.165) is 5.75 Å². The summed E-state index contributed by atoms with van der Waals surface area (Å²) < 4.78 is 1.21. The normalized spacial score (nSPS) is 10.1. The summed E-state index contributed by atoms with van der Waals surface area (Å²) in [5, 5.41) is 7.25. The molecule has 2 aromatic rings. The van der Waals surface area contributed by atoms with Crippen molar-refractivity contribution < 1.29 is 0 Å². The second kappa shape index (κ2) is 7.77. The summed E-state index contributed by atoms with van der Waals surface area (Å²) in [4.78, 5) is 13.3. The van der Waals surface area contributed by atoms with Crippen LogP contribution in [0.1, 0.15) is 0 Å². The van der Waals surface area contributed by atoms with Crippen LogP contribution >= 0.6 is 23.4 Å². The van der Waals surface area contributed by atoms with Gasteiger partial charge in [0.15, 0.2) is 0 Å².